The van der Waals surface area contributed by atoms with Crippen LogP contribution >= 0.6 is 0 Å². The SMILES string of the molecule is CS(=O)c1ccc(C=C2C(CO)=C(CC(=O)O)c3cc(F)ccc32)cc1. The molecule has 0 aliphatic heterocycles. The number of carboxylic acids is 1. The maximum absolute atomic E-state index is 13.7. The van der Waals surface area contributed by atoms with E-state index >= 15 is 0 Å². The van der Waals surface area contributed by atoms with Crippen LogP contribution in [0.1, 0.15) is 23.1 Å². The van der Waals surface area contributed by atoms with Crippen LogP contribution in [0.3, 0.4) is 0 Å². The molecule has 3 rings (SSSR count). The van der Waals surface area contributed by atoms with Crippen molar-refractivity contribution in [2.75, 3.05) is 12.9 Å². The van der Waals surface area contributed by atoms with Crippen molar-refractivity contribution in [2.45, 2.75) is 11.3 Å². The Labute approximate surface area is 152 Å². The van der Waals surface area contributed by atoms with Gasteiger partial charge in [-0.15, -0.1) is 0 Å². The Hall–Kier alpha value is -2.57. The van der Waals surface area contributed by atoms with Gasteiger partial charge in [0.2, 0.25) is 0 Å². The molecular formula is C20H17FO4S. The molecule has 0 spiro atoms. The second-order valence-electron chi connectivity index (χ2n) is 5.96. The molecule has 4 nitrogen and oxygen atoms in total. The van der Waals surface area contributed by atoms with Crippen molar-refractivity contribution in [2.24, 2.45) is 0 Å². The molecule has 0 radical (unpaired) electrons. The van der Waals surface area contributed by atoms with Crippen LogP contribution in [0.4, 0.5) is 4.39 Å². The summed E-state index contributed by atoms with van der Waals surface area (Å²) in [5, 5.41) is 19.0. The van der Waals surface area contributed by atoms with Crippen LogP contribution in [0.2, 0.25) is 0 Å². The lowest BCUT2D eigenvalue weighted by atomic mass is 10.0. The summed E-state index contributed by atoms with van der Waals surface area (Å²) in [4.78, 5) is 11.9. The number of hydrogen-bond acceptors (Lipinski definition) is 3. The van der Waals surface area contributed by atoms with Gasteiger partial charge in [-0.2, -0.15) is 0 Å². The standard InChI is InChI=1S/C20H17FO4S/c1-26(25)14-5-2-12(3-6-14)8-16-15-7-4-13(21)9-17(15)18(10-20(23)24)19(16)11-22/h2-9,22H,10-11H2,1H3,(H,23,24). The van der Waals surface area contributed by atoms with Crippen molar-refractivity contribution in [3.05, 3.63) is 70.5 Å². The van der Waals surface area contributed by atoms with Crippen LogP contribution in [0, 0.1) is 5.82 Å². The van der Waals surface area contributed by atoms with E-state index in [1.54, 1.807) is 36.6 Å². The van der Waals surface area contributed by atoms with Gasteiger partial charge < -0.3 is 10.2 Å². The summed E-state index contributed by atoms with van der Waals surface area (Å²) in [5.41, 5.74) is 3.57. The summed E-state index contributed by atoms with van der Waals surface area (Å²) in [6, 6.07) is 11.3. The zero-order valence-corrected chi connectivity index (χ0v) is 14.8. The molecule has 0 saturated carbocycles. The Morgan fingerprint density at radius 3 is 2.38 bits per heavy atom. The molecule has 0 bridgehead atoms. The molecule has 0 amide bonds. The molecule has 0 fully saturated rings. The van der Waals surface area contributed by atoms with E-state index in [9.17, 15) is 23.6 Å². The Bertz CT molecular complexity index is 958. The van der Waals surface area contributed by atoms with E-state index in [-0.39, 0.29) is 13.0 Å². The van der Waals surface area contributed by atoms with Gasteiger partial charge in [0.05, 0.1) is 13.0 Å². The molecule has 6 heteroatoms. The van der Waals surface area contributed by atoms with Crippen molar-refractivity contribution in [3.8, 4) is 0 Å². The number of hydrogen-bond donors (Lipinski definition) is 2. The van der Waals surface area contributed by atoms with Gasteiger partial charge in [0.1, 0.15) is 5.82 Å². The van der Waals surface area contributed by atoms with Crippen LogP contribution in [0.25, 0.3) is 17.2 Å². The first kappa shape index (κ1) is 18.2. The number of aliphatic carboxylic acids is 1. The summed E-state index contributed by atoms with van der Waals surface area (Å²) >= 11 is 0. The first-order chi connectivity index (χ1) is 12.4. The van der Waals surface area contributed by atoms with Crippen LogP contribution in [-0.2, 0) is 15.6 Å². The Morgan fingerprint density at radius 1 is 1.12 bits per heavy atom. The van der Waals surface area contributed by atoms with Gasteiger partial charge in [0, 0.05) is 22.0 Å². The summed E-state index contributed by atoms with van der Waals surface area (Å²) in [6.45, 7) is -0.345. The maximum Gasteiger partial charge on any atom is 0.307 e. The van der Waals surface area contributed by atoms with Crippen molar-refractivity contribution >= 4 is 34.0 Å². The third-order valence-corrected chi connectivity index (χ3v) is 5.23. The van der Waals surface area contributed by atoms with Crippen molar-refractivity contribution in [1.29, 1.82) is 0 Å². The van der Waals surface area contributed by atoms with Crippen LogP contribution in [0.5, 0.6) is 0 Å². The molecule has 134 valence electrons. The Morgan fingerprint density at radius 2 is 1.81 bits per heavy atom. The maximum atomic E-state index is 13.7. The number of rotatable bonds is 5. The molecule has 1 aliphatic rings. The van der Waals surface area contributed by atoms with Crippen molar-refractivity contribution in [1.82, 2.24) is 0 Å². The fraction of sp³-hybridized carbons (Fsp3) is 0.150. The molecule has 1 unspecified atom stereocenters. The summed E-state index contributed by atoms with van der Waals surface area (Å²) in [5.74, 6) is -1.50. The average Bonchev–Trinajstić information content (AvgIpc) is 2.87. The van der Waals surface area contributed by atoms with Crippen LogP contribution in [-0.4, -0.2) is 33.3 Å². The minimum atomic E-state index is -1.08. The molecule has 2 aromatic rings. The predicted octanol–water partition coefficient (Wildman–Crippen LogP) is 3.34. The lowest BCUT2D eigenvalue weighted by Crippen LogP contribution is -1.99. The van der Waals surface area contributed by atoms with E-state index in [1.807, 2.05) is 6.08 Å². The number of benzene rings is 2. The summed E-state index contributed by atoms with van der Waals surface area (Å²) < 4.78 is 25.2. The number of fused-ring (bicyclic) bond motifs is 1. The normalized spacial score (nSPS) is 16.0. The highest BCUT2D eigenvalue weighted by Gasteiger charge is 2.27. The molecule has 0 heterocycles. The largest absolute Gasteiger partial charge is 0.481 e. The topological polar surface area (TPSA) is 74.6 Å². The number of aliphatic hydroxyl groups is 1. The first-order valence-electron chi connectivity index (χ1n) is 7.91. The zero-order chi connectivity index (χ0) is 18.8. The van der Waals surface area contributed by atoms with Gasteiger partial charge >= 0.3 is 5.97 Å². The van der Waals surface area contributed by atoms with Gasteiger partial charge in [-0.3, -0.25) is 9.00 Å². The third-order valence-electron chi connectivity index (χ3n) is 4.30. The average molecular weight is 372 g/mol. The van der Waals surface area contributed by atoms with Crippen LogP contribution < -0.4 is 0 Å². The van der Waals surface area contributed by atoms with E-state index in [0.717, 1.165) is 5.56 Å². The van der Waals surface area contributed by atoms with Crippen molar-refractivity contribution < 1.29 is 23.6 Å². The highest BCUT2D eigenvalue weighted by Crippen LogP contribution is 2.43. The van der Waals surface area contributed by atoms with Gasteiger partial charge in [0.15, 0.2) is 0 Å². The quantitative estimate of drug-likeness (QED) is 0.844. The van der Waals surface area contributed by atoms with E-state index in [1.165, 1.54) is 12.1 Å². The molecule has 26 heavy (non-hydrogen) atoms. The highest BCUT2D eigenvalue weighted by atomic mass is 32.2. The van der Waals surface area contributed by atoms with Gasteiger partial charge in [0.25, 0.3) is 0 Å². The molecule has 1 aliphatic carbocycles. The molecule has 0 aromatic heterocycles. The minimum Gasteiger partial charge on any atom is -0.481 e. The number of carbonyl (C=O) groups is 1. The first-order valence-corrected chi connectivity index (χ1v) is 9.47. The second kappa shape index (κ2) is 7.35. The van der Waals surface area contributed by atoms with E-state index in [2.05, 4.69) is 0 Å². The Kier molecular flexibility index (Phi) is 5.15. The smallest absolute Gasteiger partial charge is 0.307 e. The van der Waals surface area contributed by atoms with Gasteiger partial charge in [-0.25, -0.2) is 4.39 Å². The Balaban J connectivity index is 2.14. The fourth-order valence-electron chi connectivity index (χ4n) is 3.11. The summed E-state index contributed by atoms with van der Waals surface area (Å²) in [6.07, 6.45) is 3.12. The monoisotopic (exact) mass is 372 g/mol. The van der Waals surface area contributed by atoms with Gasteiger partial charge in [-0.1, -0.05) is 18.2 Å². The molecule has 1 atom stereocenters. The molecule has 0 saturated heterocycles. The van der Waals surface area contributed by atoms with Crippen molar-refractivity contribution in [3.63, 3.8) is 0 Å². The third kappa shape index (κ3) is 3.52. The lowest BCUT2D eigenvalue weighted by Gasteiger charge is -2.06. The minimum absolute atomic E-state index is 0.294. The molecular weight excluding hydrogens is 355 g/mol. The molecule has 2 N–H and O–H groups in total. The van der Waals surface area contributed by atoms with E-state index < -0.39 is 22.6 Å². The highest BCUT2D eigenvalue weighted by molar-refractivity contribution is 7.84. The van der Waals surface area contributed by atoms with E-state index in [4.69, 9.17) is 0 Å². The number of aliphatic hydroxyl groups excluding tert-OH is 1. The fourth-order valence-corrected chi connectivity index (χ4v) is 3.63. The van der Waals surface area contributed by atoms with Gasteiger partial charge in [-0.05, 0) is 63.8 Å². The summed E-state index contributed by atoms with van der Waals surface area (Å²) in [7, 11) is -1.08. The van der Waals surface area contributed by atoms with Crippen LogP contribution in [0.15, 0.2) is 52.9 Å². The lowest BCUT2D eigenvalue weighted by molar-refractivity contribution is -0.135. The number of carboxylic acid groups (broad SMARTS) is 1. The zero-order valence-electron chi connectivity index (χ0n) is 14.0. The molecule has 2 aromatic carbocycles. The number of halogens is 1. The second-order valence-corrected chi connectivity index (χ2v) is 7.34. The predicted molar refractivity (Wildman–Crippen MR) is 99.3 cm³/mol. The van der Waals surface area contributed by atoms with E-state index in [0.29, 0.717) is 32.7 Å².